The Hall–Kier alpha value is -1.62. The van der Waals surface area contributed by atoms with Gasteiger partial charge in [0.05, 0.1) is 15.9 Å². The number of nitrogen functional groups attached to an aromatic ring is 1. The van der Waals surface area contributed by atoms with E-state index in [1.54, 1.807) is 12.3 Å². The van der Waals surface area contributed by atoms with Crippen LogP contribution >= 0.6 is 11.3 Å². The van der Waals surface area contributed by atoms with Crippen LogP contribution in [0.2, 0.25) is 0 Å². The normalized spacial score (nSPS) is 11.6. The van der Waals surface area contributed by atoms with Crippen molar-refractivity contribution in [3.8, 4) is 0 Å². The Morgan fingerprint density at radius 3 is 2.93 bits per heavy atom. The Morgan fingerprint density at radius 1 is 1.53 bits per heavy atom. The summed E-state index contributed by atoms with van der Waals surface area (Å²) in [5.41, 5.74) is 6.15. The molecular formula is C10H9FN2OS. The molecule has 15 heavy (non-hydrogen) atoms. The van der Waals surface area contributed by atoms with E-state index >= 15 is 0 Å². The number of hydrogen-bond acceptors (Lipinski definition) is 3. The van der Waals surface area contributed by atoms with Crippen molar-refractivity contribution in [2.45, 2.75) is 6.92 Å². The molecule has 3 nitrogen and oxygen atoms in total. The second-order valence-electron chi connectivity index (χ2n) is 3.06. The van der Waals surface area contributed by atoms with Crippen LogP contribution in [0.15, 0.2) is 23.0 Å². The second kappa shape index (κ2) is 3.51. The Morgan fingerprint density at radius 2 is 2.27 bits per heavy atom. The number of benzene rings is 1. The number of halogens is 1. The summed E-state index contributed by atoms with van der Waals surface area (Å²) in [5.74, 6) is -0.489. The molecule has 0 spiro atoms. The summed E-state index contributed by atoms with van der Waals surface area (Å²) < 4.78 is 15.2. The first-order valence-electron chi connectivity index (χ1n) is 4.36. The van der Waals surface area contributed by atoms with E-state index in [1.165, 1.54) is 16.7 Å². The van der Waals surface area contributed by atoms with Crippen LogP contribution in [0.3, 0.4) is 0 Å². The molecule has 0 fully saturated rings. The minimum atomic E-state index is -0.489. The van der Waals surface area contributed by atoms with Crippen molar-refractivity contribution in [2.75, 3.05) is 5.73 Å². The summed E-state index contributed by atoms with van der Waals surface area (Å²) in [4.78, 5) is 11.4. The Balaban J connectivity index is 2.87. The Labute approximate surface area is 89.3 Å². The maximum atomic E-state index is 13.1. The largest absolute Gasteiger partial charge is 0.396 e. The van der Waals surface area contributed by atoms with Crippen LogP contribution < -0.4 is 10.6 Å². The molecule has 0 saturated carbocycles. The van der Waals surface area contributed by atoms with E-state index in [2.05, 4.69) is 0 Å². The Kier molecular flexibility index (Phi) is 2.32. The summed E-state index contributed by atoms with van der Waals surface area (Å²) in [7, 11) is 0. The number of aromatic nitrogens is 1. The van der Waals surface area contributed by atoms with Crippen molar-refractivity contribution in [3.05, 3.63) is 33.7 Å². The fourth-order valence-corrected chi connectivity index (χ4v) is 2.23. The molecule has 0 unspecified atom stereocenters. The molecule has 0 bridgehead atoms. The fraction of sp³-hybridized carbons (Fsp3) is 0.100. The number of fused-ring (bicyclic) bond motifs is 1. The molecular weight excluding hydrogens is 215 g/mol. The van der Waals surface area contributed by atoms with E-state index in [0.717, 1.165) is 11.3 Å². The van der Waals surface area contributed by atoms with Gasteiger partial charge in [-0.1, -0.05) is 17.4 Å². The molecule has 0 atom stereocenters. The molecule has 0 amide bonds. The molecule has 1 heterocycles. The van der Waals surface area contributed by atoms with E-state index in [4.69, 9.17) is 5.73 Å². The summed E-state index contributed by atoms with van der Waals surface area (Å²) >= 11 is 1.00. The van der Waals surface area contributed by atoms with Crippen molar-refractivity contribution in [3.63, 3.8) is 0 Å². The zero-order valence-electron chi connectivity index (χ0n) is 8.03. The van der Waals surface area contributed by atoms with Gasteiger partial charge >= 0.3 is 4.87 Å². The molecule has 5 heteroatoms. The number of nitrogens with zero attached hydrogens (tertiary/aromatic N) is 1. The van der Waals surface area contributed by atoms with Crippen molar-refractivity contribution >= 4 is 33.4 Å². The molecule has 0 radical (unpaired) electrons. The van der Waals surface area contributed by atoms with Crippen LogP contribution in [0.4, 0.5) is 10.1 Å². The first kappa shape index (κ1) is 9.92. The lowest BCUT2D eigenvalue weighted by Gasteiger charge is -1.98. The molecule has 2 N–H and O–H groups in total. The summed E-state index contributed by atoms with van der Waals surface area (Å²) in [6.07, 6.45) is 3.38. The highest BCUT2D eigenvalue weighted by molar-refractivity contribution is 7.16. The van der Waals surface area contributed by atoms with Gasteiger partial charge in [-0.25, -0.2) is 4.39 Å². The second-order valence-corrected chi connectivity index (χ2v) is 4.06. The lowest BCUT2D eigenvalue weighted by atomic mass is 10.3. The SMILES string of the molecule is CC=Cn1c(=O)sc2cc(F)c(N)cc21. The van der Waals surface area contributed by atoms with Crippen molar-refractivity contribution in [1.29, 1.82) is 0 Å². The molecule has 2 rings (SSSR count). The van der Waals surface area contributed by atoms with Gasteiger partial charge in [-0.2, -0.15) is 0 Å². The van der Waals surface area contributed by atoms with Crippen LogP contribution in [-0.4, -0.2) is 4.57 Å². The fourth-order valence-electron chi connectivity index (χ4n) is 1.36. The van der Waals surface area contributed by atoms with E-state index < -0.39 is 5.82 Å². The highest BCUT2D eigenvalue weighted by atomic mass is 32.1. The molecule has 0 saturated heterocycles. The molecule has 1 aromatic heterocycles. The van der Waals surface area contributed by atoms with Gasteiger partial charge in [0.2, 0.25) is 0 Å². The number of rotatable bonds is 1. The molecule has 0 aliphatic carbocycles. The minimum absolute atomic E-state index is 0.0542. The zero-order chi connectivity index (χ0) is 11.0. The van der Waals surface area contributed by atoms with E-state index in [0.29, 0.717) is 10.2 Å². The zero-order valence-corrected chi connectivity index (χ0v) is 8.84. The van der Waals surface area contributed by atoms with Crippen LogP contribution in [0.1, 0.15) is 6.92 Å². The van der Waals surface area contributed by atoms with Gasteiger partial charge in [0.25, 0.3) is 0 Å². The monoisotopic (exact) mass is 224 g/mol. The number of anilines is 1. The van der Waals surface area contributed by atoms with Crippen LogP contribution in [-0.2, 0) is 0 Å². The Bertz CT molecular complexity index is 597. The average Bonchev–Trinajstić information content (AvgIpc) is 2.46. The highest BCUT2D eigenvalue weighted by Crippen LogP contribution is 2.23. The predicted octanol–water partition coefficient (Wildman–Crippen LogP) is 2.27. The lowest BCUT2D eigenvalue weighted by Crippen LogP contribution is -2.05. The standard InChI is InChI=1S/C10H9FN2OS/c1-2-3-13-8-5-7(12)6(11)4-9(8)15-10(13)14/h2-5H,12H2,1H3. The third kappa shape index (κ3) is 1.55. The van der Waals surface area contributed by atoms with Gasteiger partial charge < -0.3 is 5.73 Å². The lowest BCUT2D eigenvalue weighted by molar-refractivity contribution is 0.634. The summed E-state index contributed by atoms with van der Waals surface area (Å²) in [6, 6.07) is 2.76. The molecule has 1 aromatic carbocycles. The number of allylic oxidation sites excluding steroid dienone is 1. The van der Waals surface area contributed by atoms with Crippen molar-refractivity contribution in [1.82, 2.24) is 4.57 Å². The highest BCUT2D eigenvalue weighted by Gasteiger charge is 2.08. The minimum Gasteiger partial charge on any atom is -0.396 e. The number of hydrogen-bond donors (Lipinski definition) is 1. The van der Waals surface area contributed by atoms with E-state index in [1.807, 2.05) is 6.92 Å². The van der Waals surface area contributed by atoms with Crippen LogP contribution in [0.5, 0.6) is 0 Å². The van der Waals surface area contributed by atoms with Crippen molar-refractivity contribution in [2.24, 2.45) is 0 Å². The third-order valence-corrected chi connectivity index (χ3v) is 2.95. The maximum Gasteiger partial charge on any atom is 0.312 e. The van der Waals surface area contributed by atoms with Gasteiger partial charge in [-0.15, -0.1) is 0 Å². The van der Waals surface area contributed by atoms with Crippen molar-refractivity contribution < 1.29 is 4.39 Å². The first-order chi connectivity index (χ1) is 7.13. The maximum absolute atomic E-state index is 13.1. The van der Waals surface area contributed by atoms with E-state index in [9.17, 15) is 9.18 Å². The topological polar surface area (TPSA) is 48.0 Å². The third-order valence-electron chi connectivity index (χ3n) is 2.03. The average molecular weight is 224 g/mol. The van der Waals surface area contributed by atoms with Gasteiger partial charge in [-0.3, -0.25) is 9.36 Å². The molecule has 0 aliphatic rings. The van der Waals surface area contributed by atoms with Crippen LogP contribution in [0.25, 0.3) is 16.4 Å². The summed E-state index contributed by atoms with van der Waals surface area (Å²) in [6.45, 7) is 1.81. The molecule has 78 valence electrons. The number of nitrogens with two attached hydrogens (primary N) is 1. The van der Waals surface area contributed by atoms with E-state index in [-0.39, 0.29) is 10.6 Å². The van der Waals surface area contributed by atoms with Gasteiger partial charge in [0.1, 0.15) is 5.82 Å². The molecule has 2 aromatic rings. The van der Waals surface area contributed by atoms with Gasteiger partial charge in [-0.05, 0) is 19.1 Å². The van der Waals surface area contributed by atoms with Gasteiger partial charge in [0, 0.05) is 6.20 Å². The number of thiazole rings is 1. The predicted molar refractivity (Wildman–Crippen MR) is 61.5 cm³/mol. The quantitative estimate of drug-likeness (QED) is 0.755. The molecule has 0 aliphatic heterocycles. The van der Waals surface area contributed by atoms with Crippen LogP contribution in [0, 0.1) is 5.82 Å². The summed E-state index contributed by atoms with van der Waals surface area (Å²) in [5, 5.41) is 0. The van der Waals surface area contributed by atoms with Gasteiger partial charge in [0.15, 0.2) is 0 Å². The smallest absolute Gasteiger partial charge is 0.312 e. The first-order valence-corrected chi connectivity index (χ1v) is 5.18.